The molecule has 8 heteroatoms. The van der Waals surface area contributed by atoms with Gasteiger partial charge in [0.1, 0.15) is 0 Å². The highest BCUT2D eigenvalue weighted by Crippen LogP contribution is 2.08. The first-order chi connectivity index (χ1) is 10.7. The molecular formula is C15H21NO7. The van der Waals surface area contributed by atoms with E-state index >= 15 is 0 Å². The van der Waals surface area contributed by atoms with Crippen molar-refractivity contribution in [3.63, 3.8) is 0 Å². The first kappa shape index (κ1) is 22.4. The van der Waals surface area contributed by atoms with E-state index in [4.69, 9.17) is 15.3 Å². The summed E-state index contributed by atoms with van der Waals surface area (Å²) in [6.45, 7) is 7.73. The van der Waals surface area contributed by atoms with Crippen molar-refractivity contribution < 1.29 is 34.5 Å². The van der Waals surface area contributed by atoms with Crippen LogP contribution in [0.1, 0.15) is 25.7 Å². The van der Waals surface area contributed by atoms with Crippen molar-refractivity contribution >= 4 is 23.8 Å². The van der Waals surface area contributed by atoms with Crippen molar-refractivity contribution in [2.75, 3.05) is 6.54 Å². The molecule has 1 aliphatic rings. The number of aliphatic carboxylic acids is 3. The Labute approximate surface area is 134 Å². The number of hydrogen-bond donors (Lipinski definition) is 3. The van der Waals surface area contributed by atoms with Crippen LogP contribution in [0.25, 0.3) is 0 Å². The molecule has 1 rings (SSSR count). The number of carboxylic acids is 3. The maximum Gasteiger partial charge on any atom is 0.328 e. The minimum atomic E-state index is -1.26. The summed E-state index contributed by atoms with van der Waals surface area (Å²) in [7, 11) is 0. The highest BCUT2D eigenvalue weighted by molar-refractivity contribution is 5.89. The third-order valence-corrected chi connectivity index (χ3v) is 2.26. The third-order valence-electron chi connectivity index (χ3n) is 2.26. The molecule has 0 atom stereocenters. The molecule has 0 unspecified atom stereocenters. The number of allylic oxidation sites excluding steroid dienone is 1. The van der Waals surface area contributed by atoms with Gasteiger partial charge in [-0.05, 0) is 19.0 Å². The second kappa shape index (κ2) is 14.1. The number of carboxylic acid groups (broad SMARTS) is 3. The highest BCUT2D eigenvalue weighted by atomic mass is 16.4. The van der Waals surface area contributed by atoms with E-state index < -0.39 is 17.9 Å². The van der Waals surface area contributed by atoms with Crippen molar-refractivity contribution in [1.82, 2.24) is 4.90 Å². The molecule has 128 valence electrons. The van der Waals surface area contributed by atoms with Crippen molar-refractivity contribution in [1.29, 1.82) is 0 Å². The van der Waals surface area contributed by atoms with Gasteiger partial charge in [-0.15, -0.1) is 6.58 Å². The van der Waals surface area contributed by atoms with Gasteiger partial charge in [-0.2, -0.15) is 0 Å². The SMILES string of the molecule is C=CCCC(=O)O.C=CN1CCCC1=O.O=C(O)/C=C\C(=O)O. The van der Waals surface area contributed by atoms with E-state index in [0.29, 0.717) is 25.0 Å². The van der Waals surface area contributed by atoms with Crippen LogP contribution in [0.2, 0.25) is 0 Å². The van der Waals surface area contributed by atoms with E-state index in [1.54, 1.807) is 17.2 Å². The monoisotopic (exact) mass is 327 g/mol. The zero-order chi connectivity index (χ0) is 18.3. The van der Waals surface area contributed by atoms with Crippen LogP contribution in [0.4, 0.5) is 0 Å². The maximum absolute atomic E-state index is 10.7. The average Bonchev–Trinajstić information content (AvgIpc) is 2.89. The average molecular weight is 327 g/mol. The molecule has 1 amide bonds. The fourth-order valence-electron chi connectivity index (χ4n) is 1.23. The largest absolute Gasteiger partial charge is 0.481 e. The van der Waals surface area contributed by atoms with Crippen molar-refractivity contribution in [3.05, 3.63) is 37.6 Å². The van der Waals surface area contributed by atoms with Crippen molar-refractivity contribution in [3.8, 4) is 0 Å². The summed E-state index contributed by atoms with van der Waals surface area (Å²) >= 11 is 0. The quantitative estimate of drug-likeness (QED) is 0.497. The molecule has 0 aromatic carbocycles. The van der Waals surface area contributed by atoms with Gasteiger partial charge in [0.25, 0.3) is 0 Å². The van der Waals surface area contributed by atoms with Crippen LogP contribution >= 0.6 is 0 Å². The fourth-order valence-corrected chi connectivity index (χ4v) is 1.23. The van der Waals surface area contributed by atoms with Gasteiger partial charge >= 0.3 is 17.9 Å². The lowest BCUT2D eigenvalue weighted by atomic mass is 10.3. The Balaban J connectivity index is 0. The Hall–Kier alpha value is -2.90. The summed E-state index contributed by atoms with van der Waals surface area (Å²) in [6, 6.07) is 0. The minimum absolute atomic E-state index is 0.198. The molecule has 8 nitrogen and oxygen atoms in total. The molecule has 0 aromatic rings. The molecule has 1 heterocycles. The second-order valence-electron chi connectivity index (χ2n) is 4.10. The van der Waals surface area contributed by atoms with Crippen LogP contribution in [-0.2, 0) is 19.2 Å². The van der Waals surface area contributed by atoms with Crippen LogP contribution < -0.4 is 0 Å². The first-order valence-electron chi connectivity index (χ1n) is 6.63. The molecule has 0 saturated carbocycles. The lowest BCUT2D eigenvalue weighted by molar-refractivity contribution is -0.137. The van der Waals surface area contributed by atoms with E-state index in [1.807, 2.05) is 0 Å². The number of amides is 1. The number of likely N-dealkylation sites (tertiary alicyclic amines) is 1. The number of nitrogens with zero attached hydrogens (tertiary/aromatic N) is 1. The highest BCUT2D eigenvalue weighted by Gasteiger charge is 2.15. The predicted octanol–water partition coefficient (Wildman–Crippen LogP) is 1.50. The van der Waals surface area contributed by atoms with Gasteiger partial charge in [0, 0.05) is 31.5 Å². The van der Waals surface area contributed by atoms with E-state index in [9.17, 15) is 19.2 Å². The van der Waals surface area contributed by atoms with E-state index in [0.717, 1.165) is 13.0 Å². The fraction of sp³-hybridized carbons (Fsp3) is 0.333. The summed E-state index contributed by atoms with van der Waals surface area (Å²) in [4.78, 5) is 41.1. The number of carbonyl (C=O) groups excluding carboxylic acids is 1. The summed E-state index contributed by atoms with van der Waals surface area (Å²) in [5.41, 5.74) is 0. The van der Waals surface area contributed by atoms with E-state index in [-0.39, 0.29) is 12.3 Å². The Morgan fingerprint density at radius 3 is 1.78 bits per heavy atom. The zero-order valence-corrected chi connectivity index (χ0v) is 12.7. The standard InChI is InChI=1S/C6H9NO.C5H8O2.C4H4O4/c1-2-7-5-3-4-6(7)8;1-2-3-4-5(6)7;5-3(6)1-2-4(7)8/h2H,1,3-5H2;2H,1,3-4H2,(H,6,7);1-2H,(H,5,6)(H,7,8)/b;;2-1-. The Morgan fingerprint density at radius 1 is 1.09 bits per heavy atom. The minimum Gasteiger partial charge on any atom is -0.481 e. The molecule has 23 heavy (non-hydrogen) atoms. The van der Waals surface area contributed by atoms with Crippen molar-refractivity contribution in [2.24, 2.45) is 0 Å². The van der Waals surface area contributed by atoms with Gasteiger partial charge < -0.3 is 20.2 Å². The lowest BCUT2D eigenvalue weighted by Crippen LogP contribution is -2.16. The van der Waals surface area contributed by atoms with Gasteiger partial charge in [0.2, 0.25) is 5.91 Å². The summed E-state index contributed by atoms with van der Waals surface area (Å²) in [5.74, 6) is -3.07. The van der Waals surface area contributed by atoms with Crippen LogP contribution in [-0.4, -0.2) is 50.6 Å². The maximum atomic E-state index is 10.7. The third kappa shape index (κ3) is 17.0. The van der Waals surface area contributed by atoms with Gasteiger partial charge in [0.15, 0.2) is 0 Å². The molecule has 0 spiro atoms. The molecule has 1 aliphatic heterocycles. The topological polar surface area (TPSA) is 132 Å². The van der Waals surface area contributed by atoms with Crippen LogP contribution in [0, 0.1) is 0 Å². The lowest BCUT2D eigenvalue weighted by Gasteiger charge is -2.05. The molecule has 0 bridgehead atoms. The molecule has 3 N–H and O–H groups in total. The van der Waals surface area contributed by atoms with Crippen LogP contribution in [0.15, 0.2) is 37.6 Å². The van der Waals surface area contributed by atoms with Gasteiger partial charge in [-0.1, -0.05) is 12.7 Å². The smallest absolute Gasteiger partial charge is 0.328 e. The van der Waals surface area contributed by atoms with E-state index in [1.165, 1.54) is 0 Å². The summed E-state index contributed by atoms with van der Waals surface area (Å²) in [5, 5.41) is 23.6. The molecule has 0 aromatic heterocycles. The molecule has 1 fully saturated rings. The van der Waals surface area contributed by atoms with Crippen LogP contribution in [0.5, 0.6) is 0 Å². The Kier molecular flexibility index (Phi) is 13.7. The van der Waals surface area contributed by atoms with Crippen LogP contribution in [0.3, 0.4) is 0 Å². The van der Waals surface area contributed by atoms with E-state index in [2.05, 4.69) is 13.2 Å². The number of hydrogen-bond acceptors (Lipinski definition) is 4. The number of rotatable bonds is 6. The summed E-state index contributed by atoms with van der Waals surface area (Å²) in [6.07, 6.45) is 6.75. The molecule has 0 aliphatic carbocycles. The Bertz CT molecular complexity index is 452. The molecule has 1 saturated heterocycles. The van der Waals surface area contributed by atoms with Crippen molar-refractivity contribution in [2.45, 2.75) is 25.7 Å². The normalized spacial score (nSPS) is 12.5. The zero-order valence-electron chi connectivity index (χ0n) is 12.7. The predicted molar refractivity (Wildman–Crippen MR) is 82.6 cm³/mol. The number of carbonyl (C=O) groups is 4. The van der Waals surface area contributed by atoms with Gasteiger partial charge in [-0.3, -0.25) is 9.59 Å². The van der Waals surface area contributed by atoms with Gasteiger partial charge in [-0.25, -0.2) is 9.59 Å². The summed E-state index contributed by atoms with van der Waals surface area (Å²) < 4.78 is 0. The molecule has 0 radical (unpaired) electrons. The van der Waals surface area contributed by atoms with Gasteiger partial charge in [0.05, 0.1) is 0 Å². The second-order valence-corrected chi connectivity index (χ2v) is 4.10. The first-order valence-corrected chi connectivity index (χ1v) is 6.63. The molecular weight excluding hydrogens is 306 g/mol. The Morgan fingerprint density at radius 2 is 1.61 bits per heavy atom.